The molecule has 0 aromatic heterocycles. The molecule has 106 valence electrons. The van der Waals surface area contributed by atoms with Crippen LogP contribution in [-0.4, -0.2) is 37.8 Å². The van der Waals surface area contributed by atoms with Gasteiger partial charge in [0.25, 0.3) is 0 Å². The van der Waals surface area contributed by atoms with Gasteiger partial charge in [0.15, 0.2) is 7.83 Å². The number of carbonyl (C=O) groups is 1. The van der Waals surface area contributed by atoms with Gasteiger partial charge in [-0.25, -0.2) is 4.79 Å². The van der Waals surface area contributed by atoms with Crippen molar-refractivity contribution in [3.8, 4) is 0 Å². The van der Waals surface area contributed by atoms with E-state index in [1.54, 1.807) is 6.92 Å². The van der Waals surface area contributed by atoms with Gasteiger partial charge >= 0.3 is 5.97 Å². The van der Waals surface area contributed by atoms with E-state index < -0.39 is 25.2 Å². The second kappa shape index (κ2) is 7.42. The van der Waals surface area contributed by atoms with Crippen LogP contribution in [0.4, 0.5) is 0 Å². The van der Waals surface area contributed by atoms with E-state index in [0.29, 0.717) is 12.2 Å². The average molecular weight is 305 g/mol. The summed E-state index contributed by atoms with van der Waals surface area (Å²) < 4.78 is 11.3. The van der Waals surface area contributed by atoms with Gasteiger partial charge in [0.05, 0.1) is 14.2 Å². The Labute approximate surface area is 116 Å². The molecule has 0 fully saturated rings. The van der Waals surface area contributed by atoms with Crippen molar-refractivity contribution < 1.29 is 13.6 Å². The first-order valence-electron chi connectivity index (χ1n) is 6.54. The molecule has 6 heteroatoms. The van der Waals surface area contributed by atoms with E-state index in [2.05, 4.69) is 39.3 Å². The van der Waals surface area contributed by atoms with Crippen LogP contribution in [-0.2, 0) is 13.6 Å². The van der Waals surface area contributed by atoms with Gasteiger partial charge in [0.1, 0.15) is 9.76 Å². The van der Waals surface area contributed by atoms with Crippen LogP contribution in [0.5, 0.6) is 0 Å². The summed E-state index contributed by atoms with van der Waals surface area (Å²) in [5.74, 6) is -0.283. The van der Waals surface area contributed by atoms with Crippen LogP contribution in [0.3, 0.4) is 0 Å². The fraction of sp³-hybridized carbons (Fsp3) is 0.750. The number of rotatable bonds is 8. The Balaban J connectivity index is 3.70. The molecule has 0 aliphatic rings. The molecule has 0 aliphatic heterocycles. The summed E-state index contributed by atoms with van der Waals surface area (Å²) in [4.78, 5) is 11.1. The third-order valence-corrected chi connectivity index (χ3v) is 23.6. The summed E-state index contributed by atoms with van der Waals surface area (Å²) in [6.45, 7) is 17.6. The summed E-state index contributed by atoms with van der Waals surface area (Å²) >= 11 is 0. The van der Waals surface area contributed by atoms with Crippen molar-refractivity contribution in [3.63, 3.8) is 0 Å². The van der Waals surface area contributed by atoms with Gasteiger partial charge in [-0.15, -0.1) is 0 Å². The second-order valence-electron chi connectivity index (χ2n) is 6.23. The standard InChI is InChI=1S/C12H28O3Si3/c1-11(2)12(13)14-9-8-10-16-15-18(6,7)17(3,4)5/h1,8-10,16H2,2-7H3. The molecule has 0 saturated carbocycles. The van der Waals surface area contributed by atoms with Gasteiger partial charge in [-0.05, 0) is 32.5 Å². The lowest BCUT2D eigenvalue weighted by molar-refractivity contribution is -0.138. The molecule has 0 amide bonds. The molecule has 0 N–H and O–H groups in total. The first-order chi connectivity index (χ1) is 8.08. The van der Waals surface area contributed by atoms with Gasteiger partial charge < -0.3 is 8.85 Å². The maximum Gasteiger partial charge on any atom is 0.333 e. The fourth-order valence-electron chi connectivity index (χ4n) is 1.04. The van der Waals surface area contributed by atoms with E-state index >= 15 is 0 Å². The van der Waals surface area contributed by atoms with Crippen molar-refractivity contribution in [3.05, 3.63) is 12.2 Å². The smallest absolute Gasteiger partial charge is 0.333 e. The van der Waals surface area contributed by atoms with Crippen LogP contribution in [0.1, 0.15) is 13.3 Å². The maximum absolute atomic E-state index is 11.1. The quantitative estimate of drug-likeness (QED) is 0.299. The third kappa shape index (κ3) is 6.67. The van der Waals surface area contributed by atoms with Crippen LogP contribution < -0.4 is 0 Å². The van der Waals surface area contributed by atoms with Crippen molar-refractivity contribution in [1.29, 1.82) is 0 Å². The van der Waals surface area contributed by atoms with Crippen LogP contribution in [0.2, 0.25) is 38.8 Å². The van der Waals surface area contributed by atoms with E-state index in [1.807, 2.05) is 0 Å². The Hall–Kier alpha value is -0.179. The number of hydrogen-bond acceptors (Lipinski definition) is 3. The highest BCUT2D eigenvalue weighted by Gasteiger charge is 2.37. The summed E-state index contributed by atoms with van der Waals surface area (Å²) in [6.07, 6.45) is 0.918. The van der Waals surface area contributed by atoms with Crippen LogP contribution >= 0.6 is 0 Å². The molecule has 0 unspecified atom stereocenters. The van der Waals surface area contributed by atoms with E-state index in [0.717, 1.165) is 12.5 Å². The SMILES string of the molecule is C=C(C)C(=O)OCCC[SiH2]O[Si](C)(C)[Si](C)(C)C. The molecule has 3 nitrogen and oxygen atoms in total. The summed E-state index contributed by atoms with van der Waals surface area (Å²) in [5.41, 5.74) is 0.468. The zero-order valence-electron chi connectivity index (χ0n) is 12.8. The molecule has 0 atom stereocenters. The summed E-state index contributed by atoms with van der Waals surface area (Å²) in [6, 6.07) is 1.09. The van der Waals surface area contributed by atoms with Gasteiger partial charge in [0.2, 0.25) is 0 Å². The monoisotopic (exact) mass is 304 g/mol. The lowest BCUT2D eigenvalue weighted by atomic mass is 10.4. The topological polar surface area (TPSA) is 35.5 Å². The van der Waals surface area contributed by atoms with Crippen molar-refractivity contribution >= 4 is 31.2 Å². The second-order valence-corrected chi connectivity index (χ2v) is 24.1. The number of ether oxygens (including phenoxy) is 1. The fourth-order valence-corrected chi connectivity index (χ4v) is 10.6. The minimum atomic E-state index is -1.43. The predicted molar refractivity (Wildman–Crippen MR) is 85.7 cm³/mol. The highest BCUT2D eigenvalue weighted by Crippen LogP contribution is 2.19. The molecule has 0 aromatic carbocycles. The van der Waals surface area contributed by atoms with Gasteiger partial charge in [-0.1, -0.05) is 26.2 Å². The minimum absolute atomic E-state index is 0.283. The zero-order chi connectivity index (χ0) is 14.4. The molecule has 0 saturated heterocycles. The Bertz CT molecular complexity index is 295. The number of carbonyl (C=O) groups excluding carboxylic acids is 1. The first kappa shape index (κ1) is 17.8. The van der Waals surface area contributed by atoms with E-state index in [9.17, 15) is 4.79 Å². The van der Waals surface area contributed by atoms with Crippen molar-refractivity contribution in [2.75, 3.05) is 6.61 Å². The lowest BCUT2D eigenvalue weighted by Gasteiger charge is -2.35. The molecule has 0 aromatic rings. The predicted octanol–water partition coefficient (Wildman–Crippen LogP) is 2.64. The van der Waals surface area contributed by atoms with Crippen molar-refractivity contribution in [2.24, 2.45) is 0 Å². The van der Waals surface area contributed by atoms with E-state index in [4.69, 9.17) is 8.85 Å². The highest BCUT2D eigenvalue weighted by molar-refractivity contribution is 7.38. The van der Waals surface area contributed by atoms with E-state index in [1.165, 1.54) is 0 Å². The first-order valence-corrected chi connectivity index (χ1v) is 15.5. The molecular weight excluding hydrogens is 276 g/mol. The average Bonchev–Trinajstić information content (AvgIpc) is 2.20. The lowest BCUT2D eigenvalue weighted by Crippen LogP contribution is -2.55. The van der Waals surface area contributed by atoms with Crippen LogP contribution in [0, 0.1) is 0 Å². The van der Waals surface area contributed by atoms with Gasteiger partial charge in [-0.3, -0.25) is 0 Å². The van der Waals surface area contributed by atoms with Crippen molar-refractivity contribution in [1.82, 2.24) is 0 Å². The molecular formula is C12H28O3Si3. The van der Waals surface area contributed by atoms with Crippen LogP contribution in [0.15, 0.2) is 12.2 Å². The van der Waals surface area contributed by atoms with Gasteiger partial charge in [0, 0.05) is 5.57 Å². The molecule has 0 bridgehead atoms. The number of hydrogen-bond donors (Lipinski definition) is 0. The molecule has 0 radical (unpaired) electrons. The molecule has 0 heterocycles. The highest BCUT2D eigenvalue weighted by atomic mass is 29.3. The third-order valence-electron chi connectivity index (χ3n) is 3.39. The molecule has 0 spiro atoms. The van der Waals surface area contributed by atoms with Crippen molar-refractivity contribution in [2.45, 2.75) is 52.1 Å². The summed E-state index contributed by atoms with van der Waals surface area (Å²) in [5, 5.41) is 0. The molecule has 18 heavy (non-hydrogen) atoms. The Kier molecular flexibility index (Phi) is 7.35. The molecule has 0 aliphatic carbocycles. The number of esters is 1. The molecule has 0 rings (SSSR count). The zero-order valence-corrected chi connectivity index (χ0v) is 16.2. The normalized spacial score (nSPS) is 13.0. The van der Waals surface area contributed by atoms with Gasteiger partial charge in [-0.2, -0.15) is 0 Å². The summed E-state index contributed by atoms with van der Waals surface area (Å²) in [7, 11) is -3.01. The maximum atomic E-state index is 11.1. The largest absolute Gasteiger partial charge is 0.463 e. The Morgan fingerprint density at radius 1 is 1.22 bits per heavy atom. The van der Waals surface area contributed by atoms with Crippen LogP contribution in [0.25, 0.3) is 0 Å². The minimum Gasteiger partial charge on any atom is -0.463 e. The Morgan fingerprint density at radius 2 is 1.78 bits per heavy atom. The van der Waals surface area contributed by atoms with E-state index in [-0.39, 0.29) is 5.97 Å². The Morgan fingerprint density at radius 3 is 2.22 bits per heavy atom.